The van der Waals surface area contributed by atoms with Crippen molar-refractivity contribution in [1.29, 1.82) is 0 Å². The van der Waals surface area contributed by atoms with Gasteiger partial charge in [-0.15, -0.1) is 0 Å². The molecule has 0 heterocycles. The van der Waals surface area contributed by atoms with Crippen LogP contribution in [0.15, 0.2) is 16.6 Å². The van der Waals surface area contributed by atoms with Crippen LogP contribution < -0.4 is 4.74 Å². The highest BCUT2D eigenvalue weighted by molar-refractivity contribution is 9.10. The van der Waals surface area contributed by atoms with Crippen LogP contribution in [0, 0.1) is 10.1 Å². The van der Waals surface area contributed by atoms with Crippen molar-refractivity contribution in [2.45, 2.75) is 0 Å². The van der Waals surface area contributed by atoms with Gasteiger partial charge in [0, 0.05) is 0 Å². The normalized spacial score (nSPS) is 9.57. The molecule has 0 saturated carbocycles. The van der Waals surface area contributed by atoms with Gasteiger partial charge < -0.3 is 4.74 Å². The minimum Gasteiger partial charge on any atom is -0.495 e. The van der Waals surface area contributed by atoms with Crippen LogP contribution >= 0.6 is 15.9 Å². The molecular weight excluding hydrogens is 254 g/mol. The van der Waals surface area contributed by atoms with Crippen molar-refractivity contribution < 1.29 is 14.5 Å². The van der Waals surface area contributed by atoms with E-state index < -0.39 is 4.92 Å². The number of nitro groups is 1. The van der Waals surface area contributed by atoms with E-state index >= 15 is 0 Å². The lowest BCUT2D eigenvalue weighted by Gasteiger charge is -2.03. The van der Waals surface area contributed by atoms with E-state index in [-0.39, 0.29) is 11.3 Å². The third-order valence-corrected chi connectivity index (χ3v) is 2.24. The first-order valence-corrected chi connectivity index (χ1v) is 4.36. The fourth-order valence-corrected chi connectivity index (χ4v) is 1.49. The number of carbonyl (C=O) groups excluding carboxylic acids is 1. The molecular formula is C8H6BrNO4. The number of nitro benzene ring substituents is 1. The van der Waals surface area contributed by atoms with E-state index in [0.29, 0.717) is 16.5 Å². The van der Waals surface area contributed by atoms with Gasteiger partial charge >= 0.3 is 0 Å². The Morgan fingerprint density at radius 3 is 2.64 bits per heavy atom. The van der Waals surface area contributed by atoms with Crippen LogP contribution in [-0.2, 0) is 0 Å². The Balaban J connectivity index is 3.39. The smallest absolute Gasteiger partial charge is 0.283 e. The monoisotopic (exact) mass is 259 g/mol. The molecule has 0 spiro atoms. The predicted octanol–water partition coefficient (Wildman–Crippen LogP) is 2.18. The Kier molecular flexibility index (Phi) is 3.19. The molecule has 6 heteroatoms. The van der Waals surface area contributed by atoms with E-state index in [9.17, 15) is 14.9 Å². The molecule has 0 amide bonds. The van der Waals surface area contributed by atoms with Gasteiger partial charge in [0.05, 0.1) is 28.1 Å². The van der Waals surface area contributed by atoms with Crippen LogP contribution in [0.25, 0.3) is 0 Å². The fourth-order valence-electron chi connectivity index (χ4n) is 0.967. The molecule has 0 atom stereocenters. The maximum atomic E-state index is 10.5. The summed E-state index contributed by atoms with van der Waals surface area (Å²) in [4.78, 5) is 20.4. The first-order chi connectivity index (χ1) is 6.60. The Labute approximate surface area is 88.0 Å². The van der Waals surface area contributed by atoms with Gasteiger partial charge in [-0.2, -0.15) is 0 Å². The Morgan fingerprint density at radius 2 is 2.21 bits per heavy atom. The van der Waals surface area contributed by atoms with E-state index in [4.69, 9.17) is 4.74 Å². The highest BCUT2D eigenvalue weighted by Gasteiger charge is 2.16. The summed E-state index contributed by atoms with van der Waals surface area (Å²) < 4.78 is 5.38. The van der Waals surface area contributed by atoms with Gasteiger partial charge in [0.1, 0.15) is 5.75 Å². The number of aldehydes is 1. The van der Waals surface area contributed by atoms with E-state index in [1.54, 1.807) is 0 Å². The molecule has 0 fully saturated rings. The number of nitrogens with zero attached hydrogens (tertiary/aromatic N) is 1. The number of hydrogen-bond donors (Lipinski definition) is 0. The number of methoxy groups -OCH3 is 1. The van der Waals surface area contributed by atoms with Crippen LogP contribution in [0.3, 0.4) is 0 Å². The average Bonchev–Trinajstić information content (AvgIpc) is 2.16. The number of hydrogen-bond acceptors (Lipinski definition) is 4. The van der Waals surface area contributed by atoms with Crippen molar-refractivity contribution in [3.8, 4) is 5.75 Å². The van der Waals surface area contributed by atoms with Crippen LogP contribution in [0.4, 0.5) is 5.69 Å². The van der Waals surface area contributed by atoms with Crippen molar-refractivity contribution in [2.75, 3.05) is 7.11 Å². The quantitative estimate of drug-likeness (QED) is 0.474. The number of rotatable bonds is 3. The maximum Gasteiger partial charge on any atom is 0.283 e. The van der Waals surface area contributed by atoms with Gasteiger partial charge in [-0.1, -0.05) is 0 Å². The highest BCUT2D eigenvalue weighted by Crippen LogP contribution is 2.31. The summed E-state index contributed by atoms with van der Waals surface area (Å²) >= 11 is 3.12. The summed E-state index contributed by atoms with van der Waals surface area (Å²) in [6.07, 6.45) is 0.433. The largest absolute Gasteiger partial charge is 0.495 e. The molecule has 0 aliphatic carbocycles. The van der Waals surface area contributed by atoms with Crippen molar-refractivity contribution in [1.82, 2.24) is 0 Å². The van der Waals surface area contributed by atoms with Crippen LogP contribution in [0.1, 0.15) is 10.4 Å². The second kappa shape index (κ2) is 4.19. The number of carbonyl (C=O) groups is 1. The summed E-state index contributed by atoms with van der Waals surface area (Å²) in [5.41, 5.74) is -0.247. The van der Waals surface area contributed by atoms with Crippen LogP contribution in [-0.4, -0.2) is 18.3 Å². The molecule has 1 rings (SSSR count). The molecule has 14 heavy (non-hydrogen) atoms. The lowest BCUT2D eigenvalue weighted by Crippen LogP contribution is -1.96. The van der Waals surface area contributed by atoms with E-state index in [1.807, 2.05) is 0 Å². The SMILES string of the molecule is COc1cc([N+](=O)[O-])c(C=O)cc1Br. The first-order valence-electron chi connectivity index (χ1n) is 3.57. The zero-order valence-corrected chi connectivity index (χ0v) is 8.78. The summed E-state index contributed by atoms with van der Waals surface area (Å²) in [5, 5.41) is 10.5. The van der Waals surface area contributed by atoms with E-state index in [0.717, 1.165) is 0 Å². The van der Waals surface area contributed by atoms with E-state index in [1.165, 1.54) is 19.2 Å². The summed E-state index contributed by atoms with van der Waals surface area (Å²) in [5.74, 6) is 0.322. The van der Waals surface area contributed by atoms with Crippen LogP contribution in [0.5, 0.6) is 5.75 Å². The molecule has 1 aromatic carbocycles. The van der Waals surface area contributed by atoms with Crippen molar-refractivity contribution in [3.63, 3.8) is 0 Å². The lowest BCUT2D eigenvalue weighted by molar-refractivity contribution is -0.385. The minimum atomic E-state index is -0.626. The molecule has 74 valence electrons. The molecule has 0 aliphatic heterocycles. The maximum absolute atomic E-state index is 10.5. The van der Waals surface area contributed by atoms with Gasteiger partial charge in [0.25, 0.3) is 5.69 Å². The second-order valence-electron chi connectivity index (χ2n) is 2.42. The van der Waals surface area contributed by atoms with Gasteiger partial charge in [-0.05, 0) is 22.0 Å². The van der Waals surface area contributed by atoms with Gasteiger partial charge in [-0.25, -0.2) is 0 Å². The topological polar surface area (TPSA) is 69.4 Å². The standard InChI is InChI=1S/C8H6BrNO4/c1-14-8-3-7(10(12)13)5(4-11)2-6(8)9/h2-4H,1H3. The van der Waals surface area contributed by atoms with E-state index in [2.05, 4.69) is 15.9 Å². The summed E-state index contributed by atoms with van der Waals surface area (Å²) in [6, 6.07) is 2.55. The zero-order valence-electron chi connectivity index (χ0n) is 7.19. The summed E-state index contributed by atoms with van der Waals surface area (Å²) in [6.45, 7) is 0. The molecule has 0 radical (unpaired) electrons. The molecule has 5 nitrogen and oxygen atoms in total. The third-order valence-electron chi connectivity index (χ3n) is 1.62. The minimum absolute atomic E-state index is 0.0164. The molecule has 0 aliphatic rings. The predicted molar refractivity (Wildman–Crippen MR) is 52.7 cm³/mol. The number of ether oxygens (including phenoxy) is 1. The molecule has 0 N–H and O–H groups in total. The molecule has 0 saturated heterocycles. The number of benzene rings is 1. The van der Waals surface area contributed by atoms with Crippen molar-refractivity contribution in [2.24, 2.45) is 0 Å². The van der Waals surface area contributed by atoms with Gasteiger partial charge in [0.15, 0.2) is 6.29 Å². The highest BCUT2D eigenvalue weighted by atomic mass is 79.9. The molecule has 0 aromatic heterocycles. The Bertz CT molecular complexity index is 391. The molecule has 1 aromatic rings. The Morgan fingerprint density at radius 1 is 1.57 bits per heavy atom. The third kappa shape index (κ3) is 1.90. The molecule has 0 unspecified atom stereocenters. The van der Waals surface area contributed by atoms with Gasteiger partial charge in [-0.3, -0.25) is 14.9 Å². The lowest BCUT2D eigenvalue weighted by atomic mass is 10.2. The first kappa shape index (κ1) is 10.6. The molecule has 0 bridgehead atoms. The Hall–Kier alpha value is -1.43. The zero-order chi connectivity index (χ0) is 10.7. The van der Waals surface area contributed by atoms with Crippen molar-refractivity contribution >= 4 is 27.9 Å². The van der Waals surface area contributed by atoms with Gasteiger partial charge in [0.2, 0.25) is 0 Å². The average molecular weight is 260 g/mol. The fraction of sp³-hybridized carbons (Fsp3) is 0.125. The second-order valence-corrected chi connectivity index (χ2v) is 3.27. The number of halogens is 1. The van der Waals surface area contributed by atoms with Crippen molar-refractivity contribution in [3.05, 3.63) is 32.3 Å². The van der Waals surface area contributed by atoms with Crippen LogP contribution in [0.2, 0.25) is 0 Å². The summed E-state index contributed by atoms with van der Waals surface area (Å²) in [7, 11) is 1.39.